The lowest BCUT2D eigenvalue weighted by Crippen LogP contribution is -2.38. The summed E-state index contributed by atoms with van der Waals surface area (Å²) in [4.78, 5) is 6.41. The van der Waals surface area contributed by atoms with Crippen LogP contribution in [-0.4, -0.2) is 47.1 Å². The van der Waals surface area contributed by atoms with Gasteiger partial charge in [-0.15, -0.1) is 11.3 Å². The fourth-order valence-corrected chi connectivity index (χ4v) is 3.70. The van der Waals surface area contributed by atoms with Crippen molar-refractivity contribution in [3.63, 3.8) is 0 Å². The molecule has 0 bridgehead atoms. The number of aliphatic hydroxyl groups excluding tert-OH is 1. The molecule has 2 N–H and O–H groups in total. The van der Waals surface area contributed by atoms with E-state index in [2.05, 4.69) is 4.98 Å². The smallest absolute Gasteiger partial charge is 0.135 e. The number of aromatic nitrogens is 1. The minimum Gasteiger partial charge on any atom is -0.510 e. The Balaban J connectivity index is 1.86. The second-order valence-corrected chi connectivity index (χ2v) is 6.94. The van der Waals surface area contributed by atoms with Crippen LogP contribution in [0.15, 0.2) is 35.4 Å². The molecule has 0 unspecified atom stereocenters. The fourth-order valence-electron chi connectivity index (χ4n) is 2.67. The van der Waals surface area contributed by atoms with Crippen LogP contribution in [0.2, 0.25) is 5.02 Å². The van der Waals surface area contributed by atoms with E-state index in [-0.39, 0.29) is 17.6 Å². The number of amidine groups is 1. The first kappa shape index (κ1) is 17.0. The largest absolute Gasteiger partial charge is 0.510 e. The van der Waals surface area contributed by atoms with Gasteiger partial charge in [0.2, 0.25) is 0 Å². The Hall–Kier alpha value is -1.89. The van der Waals surface area contributed by atoms with Gasteiger partial charge in [-0.2, -0.15) is 0 Å². The highest BCUT2D eigenvalue weighted by Gasteiger charge is 2.32. The number of thiazole rings is 1. The van der Waals surface area contributed by atoms with Gasteiger partial charge in [-0.25, -0.2) is 4.98 Å². The van der Waals surface area contributed by atoms with Crippen molar-refractivity contribution < 1.29 is 9.84 Å². The maximum absolute atomic E-state index is 10.3. The van der Waals surface area contributed by atoms with Crippen molar-refractivity contribution in [2.45, 2.75) is 13.0 Å². The van der Waals surface area contributed by atoms with Crippen LogP contribution in [0.3, 0.4) is 0 Å². The number of methoxy groups -OCH3 is 1. The van der Waals surface area contributed by atoms with Gasteiger partial charge in [-0.3, -0.25) is 5.41 Å². The predicted molar refractivity (Wildman–Crippen MR) is 97.9 cm³/mol. The van der Waals surface area contributed by atoms with E-state index in [0.717, 1.165) is 11.3 Å². The highest BCUT2D eigenvalue weighted by atomic mass is 35.5. The topological polar surface area (TPSA) is 69.4 Å². The number of nitrogens with zero attached hydrogens (tertiary/aromatic N) is 2. The zero-order chi connectivity index (χ0) is 17.3. The van der Waals surface area contributed by atoms with E-state index in [9.17, 15) is 5.11 Å². The first-order valence-electron chi connectivity index (χ1n) is 7.49. The molecular formula is C17H18ClN3O2S. The number of benzene rings is 1. The van der Waals surface area contributed by atoms with Crippen molar-refractivity contribution in [2.75, 3.05) is 20.3 Å². The number of aliphatic hydroxyl groups is 1. The Morgan fingerprint density at radius 2 is 2.12 bits per heavy atom. The molecule has 0 fully saturated rings. The molecule has 0 radical (unpaired) electrons. The van der Waals surface area contributed by atoms with E-state index < -0.39 is 0 Å². The highest BCUT2D eigenvalue weighted by Crippen LogP contribution is 2.33. The van der Waals surface area contributed by atoms with Crippen molar-refractivity contribution in [2.24, 2.45) is 0 Å². The van der Waals surface area contributed by atoms with E-state index in [4.69, 9.17) is 21.7 Å². The Morgan fingerprint density at radius 1 is 1.42 bits per heavy atom. The summed E-state index contributed by atoms with van der Waals surface area (Å²) in [6.45, 7) is 2.78. The number of rotatable bonds is 5. The van der Waals surface area contributed by atoms with Crippen LogP contribution in [0.1, 0.15) is 11.9 Å². The lowest BCUT2D eigenvalue weighted by molar-refractivity contribution is 0.137. The zero-order valence-corrected chi connectivity index (χ0v) is 15.0. The van der Waals surface area contributed by atoms with Crippen molar-refractivity contribution in [3.8, 4) is 11.3 Å². The third-order valence-corrected chi connectivity index (χ3v) is 5.04. The van der Waals surface area contributed by atoms with Gasteiger partial charge in [0, 0.05) is 23.1 Å². The summed E-state index contributed by atoms with van der Waals surface area (Å²) in [5.41, 5.74) is 2.27. The molecule has 0 amide bonds. The SMILES string of the molecule is COC[C@@H](C)N1CC(O)=C(c2nc(-c3ccc(Cl)cc3)cs2)C1=N. The van der Waals surface area contributed by atoms with Gasteiger partial charge >= 0.3 is 0 Å². The third-order valence-electron chi connectivity index (χ3n) is 3.93. The second-order valence-electron chi connectivity index (χ2n) is 5.65. The molecule has 1 aliphatic rings. The van der Waals surface area contributed by atoms with E-state index in [1.54, 1.807) is 7.11 Å². The Morgan fingerprint density at radius 3 is 2.79 bits per heavy atom. The van der Waals surface area contributed by atoms with Crippen LogP contribution < -0.4 is 0 Å². The summed E-state index contributed by atoms with van der Waals surface area (Å²) < 4.78 is 5.15. The molecule has 24 heavy (non-hydrogen) atoms. The van der Waals surface area contributed by atoms with Gasteiger partial charge in [0.1, 0.15) is 16.6 Å². The summed E-state index contributed by atoms with van der Waals surface area (Å²) >= 11 is 7.34. The van der Waals surface area contributed by atoms with Crippen LogP contribution in [0.25, 0.3) is 16.8 Å². The Labute approximate surface area is 149 Å². The molecule has 0 saturated carbocycles. The molecule has 2 aromatic rings. The summed E-state index contributed by atoms with van der Waals surface area (Å²) in [6.07, 6.45) is 0. The van der Waals surface area contributed by atoms with Gasteiger partial charge in [0.25, 0.3) is 0 Å². The summed E-state index contributed by atoms with van der Waals surface area (Å²) in [5.74, 6) is 0.467. The van der Waals surface area contributed by atoms with E-state index in [1.165, 1.54) is 11.3 Å². The zero-order valence-electron chi connectivity index (χ0n) is 13.4. The fraction of sp³-hybridized carbons (Fsp3) is 0.294. The van der Waals surface area contributed by atoms with Gasteiger partial charge in [-0.05, 0) is 19.1 Å². The maximum atomic E-state index is 10.3. The van der Waals surface area contributed by atoms with E-state index in [1.807, 2.05) is 41.5 Å². The molecule has 1 aromatic heterocycles. The van der Waals surface area contributed by atoms with Crippen LogP contribution in [-0.2, 0) is 4.74 Å². The van der Waals surface area contributed by atoms with Crippen molar-refractivity contribution in [1.29, 1.82) is 5.41 Å². The first-order valence-corrected chi connectivity index (χ1v) is 8.75. The first-order chi connectivity index (χ1) is 11.5. The minimum atomic E-state index is 0.0119. The molecule has 0 spiro atoms. The van der Waals surface area contributed by atoms with Crippen LogP contribution >= 0.6 is 22.9 Å². The maximum Gasteiger partial charge on any atom is 0.135 e. The highest BCUT2D eigenvalue weighted by molar-refractivity contribution is 7.11. The van der Waals surface area contributed by atoms with Crippen molar-refractivity contribution >= 4 is 34.3 Å². The predicted octanol–water partition coefficient (Wildman–Crippen LogP) is 4.06. The molecule has 1 aliphatic heterocycles. The number of ether oxygens (including phenoxy) is 1. The molecule has 1 aromatic carbocycles. The van der Waals surface area contributed by atoms with Crippen LogP contribution in [0.4, 0.5) is 0 Å². The normalized spacial score (nSPS) is 16.1. The summed E-state index contributed by atoms with van der Waals surface area (Å²) in [6, 6.07) is 7.46. The molecule has 7 heteroatoms. The van der Waals surface area contributed by atoms with Gasteiger partial charge < -0.3 is 14.7 Å². The minimum absolute atomic E-state index is 0.0119. The lowest BCUT2D eigenvalue weighted by Gasteiger charge is -2.25. The average Bonchev–Trinajstić information content (AvgIpc) is 3.13. The molecule has 2 heterocycles. The number of nitrogens with one attached hydrogen (secondary N) is 1. The van der Waals surface area contributed by atoms with Crippen molar-refractivity contribution in [3.05, 3.63) is 45.4 Å². The number of hydrogen-bond donors (Lipinski definition) is 2. The third kappa shape index (κ3) is 3.17. The van der Waals surface area contributed by atoms with Crippen LogP contribution in [0.5, 0.6) is 0 Å². The second kappa shape index (κ2) is 6.93. The van der Waals surface area contributed by atoms with Crippen molar-refractivity contribution in [1.82, 2.24) is 9.88 Å². The quantitative estimate of drug-likeness (QED) is 0.840. The Bertz CT molecular complexity index is 785. The van der Waals surface area contributed by atoms with Gasteiger partial charge in [0.15, 0.2) is 0 Å². The van der Waals surface area contributed by atoms with Gasteiger partial charge in [-0.1, -0.05) is 23.7 Å². The lowest BCUT2D eigenvalue weighted by atomic mass is 10.2. The molecule has 5 nitrogen and oxygen atoms in total. The molecule has 3 rings (SSSR count). The molecule has 1 atom stereocenters. The van der Waals surface area contributed by atoms with Crippen LogP contribution in [0, 0.1) is 5.41 Å². The number of halogens is 1. The Kier molecular flexibility index (Phi) is 4.89. The number of hydrogen-bond acceptors (Lipinski definition) is 5. The monoisotopic (exact) mass is 363 g/mol. The molecular weight excluding hydrogens is 346 g/mol. The average molecular weight is 364 g/mol. The standard InChI is InChI=1S/C17H18ClN3O2S/c1-10(8-23-2)21-7-14(22)15(16(21)19)17-20-13(9-24-17)11-3-5-12(18)6-4-11/h3-6,9-10,19,22H,7-8H2,1-2H3/t10-/m1/s1. The summed E-state index contributed by atoms with van der Waals surface area (Å²) in [7, 11) is 1.63. The van der Waals surface area contributed by atoms with Gasteiger partial charge in [0.05, 0.1) is 30.5 Å². The molecule has 126 valence electrons. The molecule has 0 saturated heterocycles. The summed E-state index contributed by atoms with van der Waals surface area (Å²) in [5, 5.41) is 22.0. The molecule has 0 aliphatic carbocycles. The van der Waals surface area contributed by atoms with E-state index in [0.29, 0.717) is 28.8 Å². The van der Waals surface area contributed by atoms with E-state index >= 15 is 0 Å².